The maximum atomic E-state index is 12.6. The van der Waals surface area contributed by atoms with Gasteiger partial charge in [-0.15, -0.1) is 10.2 Å². The molecule has 1 aromatic heterocycles. The van der Waals surface area contributed by atoms with Gasteiger partial charge in [-0.05, 0) is 38.0 Å². The molecule has 2 aliphatic rings. The molecule has 0 unspecified atom stereocenters. The third-order valence-corrected chi connectivity index (χ3v) is 6.84. The predicted molar refractivity (Wildman–Crippen MR) is 97.0 cm³/mol. The van der Waals surface area contributed by atoms with Crippen molar-refractivity contribution in [3.63, 3.8) is 0 Å². The highest BCUT2D eigenvalue weighted by Gasteiger charge is 2.30. The van der Waals surface area contributed by atoms with Crippen molar-refractivity contribution < 1.29 is 4.79 Å². The van der Waals surface area contributed by atoms with Gasteiger partial charge in [0.15, 0.2) is 5.16 Å². The zero-order valence-electron chi connectivity index (χ0n) is 15.1. The van der Waals surface area contributed by atoms with Gasteiger partial charge in [0.05, 0.1) is 5.25 Å². The van der Waals surface area contributed by atoms with Gasteiger partial charge < -0.3 is 9.88 Å². The lowest BCUT2D eigenvalue weighted by molar-refractivity contribution is -0.121. The van der Waals surface area contributed by atoms with Gasteiger partial charge in [0.25, 0.3) is 0 Å². The van der Waals surface area contributed by atoms with E-state index in [0.29, 0.717) is 17.9 Å². The SMILES string of the molecule is C[C@H]1[C@@H](C)CCC[C@H]1NC(=O)[C@H](C)Sc1nnc2n1CCCCC2. The first kappa shape index (κ1) is 17.8. The monoisotopic (exact) mass is 350 g/mol. The molecule has 2 heterocycles. The number of carbonyl (C=O) groups is 1. The maximum Gasteiger partial charge on any atom is 0.233 e. The summed E-state index contributed by atoms with van der Waals surface area (Å²) in [7, 11) is 0. The minimum absolute atomic E-state index is 0.133. The Bertz CT molecular complexity index is 573. The molecular weight excluding hydrogens is 320 g/mol. The molecule has 0 bridgehead atoms. The van der Waals surface area contributed by atoms with Gasteiger partial charge in [-0.3, -0.25) is 4.79 Å². The molecular formula is C18H30N4OS. The normalized spacial score (nSPS) is 28.7. The number of hydrogen-bond donors (Lipinski definition) is 1. The molecule has 1 fully saturated rings. The summed E-state index contributed by atoms with van der Waals surface area (Å²) in [6, 6.07) is 0.319. The second kappa shape index (κ2) is 7.89. The minimum atomic E-state index is -0.133. The molecule has 1 N–H and O–H groups in total. The van der Waals surface area contributed by atoms with E-state index in [9.17, 15) is 4.79 Å². The van der Waals surface area contributed by atoms with Crippen LogP contribution in [0, 0.1) is 11.8 Å². The van der Waals surface area contributed by atoms with E-state index in [-0.39, 0.29) is 11.2 Å². The van der Waals surface area contributed by atoms with Gasteiger partial charge in [-0.2, -0.15) is 0 Å². The first-order valence-corrected chi connectivity index (χ1v) is 10.3. The zero-order valence-corrected chi connectivity index (χ0v) is 15.9. The van der Waals surface area contributed by atoms with Crippen LogP contribution in [0.3, 0.4) is 0 Å². The number of carbonyl (C=O) groups excluding carboxylic acids is 1. The Kier molecular flexibility index (Phi) is 5.85. The molecule has 0 aromatic carbocycles. The summed E-state index contributed by atoms with van der Waals surface area (Å²) in [5, 5.41) is 12.7. The summed E-state index contributed by atoms with van der Waals surface area (Å²) >= 11 is 1.55. The highest BCUT2D eigenvalue weighted by atomic mass is 32.2. The topological polar surface area (TPSA) is 59.8 Å². The quantitative estimate of drug-likeness (QED) is 0.845. The summed E-state index contributed by atoms with van der Waals surface area (Å²) in [5.41, 5.74) is 0. The van der Waals surface area contributed by atoms with E-state index in [2.05, 4.69) is 33.9 Å². The second-order valence-electron chi connectivity index (χ2n) is 7.50. The van der Waals surface area contributed by atoms with Crippen LogP contribution in [0.2, 0.25) is 0 Å². The van der Waals surface area contributed by atoms with Crippen molar-refractivity contribution in [2.45, 2.75) is 88.7 Å². The summed E-state index contributed by atoms with van der Waals surface area (Å²) in [5.74, 6) is 2.47. The molecule has 0 radical (unpaired) electrons. The molecule has 3 rings (SSSR count). The fourth-order valence-corrected chi connectivity index (χ4v) is 4.75. The number of aryl methyl sites for hydroxylation is 1. The first-order valence-electron chi connectivity index (χ1n) is 9.45. The number of hydrogen-bond acceptors (Lipinski definition) is 4. The number of rotatable bonds is 4. The minimum Gasteiger partial charge on any atom is -0.352 e. The average Bonchev–Trinajstić information content (AvgIpc) is 2.79. The first-order chi connectivity index (χ1) is 11.6. The Labute approximate surface area is 149 Å². The number of nitrogens with one attached hydrogen (secondary N) is 1. The number of amides is 1. The highest BCUT2D eigenvalue weighted by Crippen LogP contribution is 2.30. The van der Waals surface area contributed by atoms with Gasteiger partial charge in [0.1, 0.15) is 5.82 Å². The van der Waals surface area contributed by atoms with Crippen molar-refractivity contribution in [3.8, 4) is 0 Å². The lowest BCUT2D eigenvalue weighted by atomic mass is 9.78. The van der Waals surface area contributed by atoms with Crippen LogP contribution in [0.25, 0.3) is 0 Å². The van der Waals surface area contributed by atoms with Gasteiger partial charge in [-0.1, -0.05) is 44.9 Å². The Morgan fingerprint density at radius 1 is 1.21 bits per heavy atom. The van der Waals surface area contributed by atoms with Crippen LogP contribution in [0.1, 0.15) is 65.1 Å². The van der Waals surface area contributed by atoms with Gasteiger partial charge in [0.2, 0.25) is 5.91 Å². The van der Waals surface area contributed by atoms with Crippen LogP contribution < -0.4 is 5.32 Å². The van der Waals surface area contributed by atoms with Gasteiger partial charge >= 0.3 is 0 Å². The molecule has 5 nitrogen and oxygen atoms in total. The third-order valence-electron chi connectivity index (χ3n) is 5.76. The summed E-state index contributed by atoms with van der Waals surface area (Å²) in [4.78, 5) is 12.6. The molecule has 134 valence electrons. The molecule has 1 aromatic rings. The zero-order chi connectivity index (χ0) is 17.1. The van der Waals surface area contributed by atoms with Crippen molar-refractivity contribution in [3.05, 3.63) is 5.82 Å². The molecule has 0 spiro atoms. The molecule has 1 saturated carbocycles. The van der Waals surface area contributed by atoms with Crippen molar-refractivity contribution in [1.82, 2.24) is 20.1 Å². The fraction of sp³-hybridized carbons (Fsp3) is 0.833. The lowest BCUT2D eigenvalue weighted by Crippen LogP contribution is -2.46. The van der Waals surface area contributed by atoms with E-state index in [1.165, 1.54) is 32.1 Å². The molecule has 0 saturated heterocycles. The number of aromatic nitrogens is 3. The number of fused-ring (bicyclic) bond motifs is 1. The van der Waals surface area contributed by atoms with E-state index in [4.69, 9.17) is 0 Å². The standard InChI is InChI=1S/C18H30N4OS/c1-12-8-7-9-15(13(12)2)19-17(23)14(3)24-18-21-20-16-10-5-4-6-11-22(16)18/h12-15H,4-11H2,1-3H3,(H,19,23)/t12-,13-,14-,15+/m0/s1. The predicted octanol–water partition coefficient (Wildman–Crippen LogP) is 3.43. The highest BCUT2D eigenvalue weighted by molar-refractivity contribution is 8.00. The summed E-state index contributed by atoms with van der Waals surface area (Å²) in [6.07, 6.45) is 8.23. The Morgan fingerprint density at radius 3 is 2.88 bits per heavy atom. The van der Waals surface area contributed by atoms with Crippen molar-refractivity contribution in [2.75, 3.05) is 0 Å². The van der Waals surface area contributed by atoms with Crippen LogP contribution in [0.5, 0.6) is 0 Å². The molecule has 1 amide bonds. The van der Waals surface area contributed by atoms with E-state index < -0.39 is 0 Å². The van der Waals surface area contributed by atoms with Crippen LogP contribution in [0.4, 0.5) is 0 Å². The lowest BCUT2D eigenvalue weighted by Gasteiger charge is -2.35. The van der Waals surface area contributed by atoms with Crippen LogP contribution >= 0.6 is 11.8 Å². The van der Waals surface area contributed by atoms with Crippen molar-refractivity contribution in [1.29, 1.82) is 0 Å². The van der Waals surface area contributed by atoms with Crippen LogP contribution in [-0.2, 0) is 17.8 Å². The fourth-order valence-electron chi connectivity index (χ4n) is 3.84. The second-order valence-corrected chi connectivity index (χ2v) is 8.81. The third kappa shape index (κ3) is 3.95. The van der Waals surface area contributed by atoms with Crippen molar-refractivity contribution in [2.24, 2.45) is 11.8 Å². The Hall–Kier alpha value is -1.04. The molecule has 4 atom stereocenters. The molecule has 1 aliphatic heterocycles. The summed E-state index contributed by atoms with van der Waals surface area (Å²) < 4.78 is 2.22. The number of thioether (sulfide) groups is 1. The van der Waals surface area contributed by atoms with Crippen LogP contribution in [-0.4, -0.2) is 32.0 Å². The Morgan fingerprint density at radius 2 is 2.04 bits per heavy atom. The molecule has 1 aliphatic carbocycles. The van der Waals surface area contributed by atoms with Gasteiger partial charge in [-0.25, -0.2) is 0 Å². The van der Waals surface area contributed by atoms with E-state index in [1.807, 2.05) is 6.92 Å². The molecule has 24 heavy (non-hydrogen) atoms. The maximum absolute atomic E-state index is 12.6. The average molecular weight is 351 g/mol. The van der Waals surface area contributed by atoms with Crippen molar-refractivity contribution >= 4 is 17.7 Å². The number of nitrogens with zero attached hydrogens (tertiary/aromatic N) is 3. The van der Waals surface area contributed by atoms with Gasteiger partial charge in [0, 0.05) is 19.0 Å². The van der Waals surface area contributed by atoms with E-state index >= 15 is 0 Å². The largest absolute Gasteiger partial charge is 0.352 e. The summed E-state index contributed by atoms with van der Waals surface area (Å²) in [6.45, 7) is 7.53. The molecule has 6 heteroatoms. The Balaban J connectivity index is 1.59. The van der Waals surface area contributed by atoms with E-state index in [0.717, 1.165) is 30.4 Å². The van der Waals surface area contributed by atoms with E-state index in [1.54, 1.807) is 11.8 Å². The smallest absolute Gasteiger partial charge is 0.233 e. The van der Waals surface area contributed by atoms with Crippen LogP contribution in [0.15, 0.2) is 5.16 Å².